The van der Waals surface area contributed by atoms with E-state index < -0.39 is 0 Å². The van der Waals surface area contributed by atoms with Crippen LogP contribution in [0.1, 0.15) is 51.8 Å². The summed E-state index contributed by atoms with van der Waals surface area (Å²) in [6.45, 7) is 0. The molecule has 6 nitrogen and oxygen atoms in total. The molecule has 0 amide bonds. The predicted molar refractivity (Wildman–Crippen MR) is 129 cm³/mol. The number of fused-ring (bicyclic) bond motifs is 1. The van der Waals surface area contributed by atoms with E-state index >= 15 is 0 Å². The summed E-state index contributed by atoms with van der Waals surface area (Å²) in [4.78, 5) is 24.7. The zero-order valence-electron chi connectivity index (χ0n) is 18.5. The van der Waals surface area contributed by atoms with Gasteiger partial charge >= 0.3 is 0 Å². The molecule has 1 N–H and O–H groups in total. The highest BCUT2D eigenvalue weighted by Crippen LogP contribution is 2.37. The van der Waals surface area contributed by atoms with Gasteiger partial charge in [-0.05, 0) is 36.1 Å². The topological polar surface area (TPSA) is 72.8 Å². The highest BCUT2D eigenvalue weighted by Gasteiger charge is 2.25. The Bertz CT molecular complexity index is 1230. The lowest BCUT2D eigenvalue weighted by Crippen LogP contribution is -2.17. The first-order chi connectivity index (χ1) is 16.2. The number of imidazole rings is 2. The number of aromatic nitrogens is 4. The molecule has 0 aliphatic heterocycles. The maximum atomic E-state index is 12.6. The summed E-state index contributed by atoms with van der Waals surface area (Å²) in [5.41, 5.74) is 4.14. The van der Waals surface area contributed by atoms with Gasteiger partial charge in [-0.3, -0.25) is 4.79 Å². The van der Waals surface area contributed by atoms with Gasteiger partial charge in [0.1, 0.15) is 17.7 Å². The first-order valence-electron chi connectivity index (χ1n) is 11.2. The number of aromatic amines is 1. The van der Waals surface area contributed by atoms with Gasteiger partial charge in [0.25, 0.3) is 0 Å². The van der Waals surface area contributed by atoms with Crippen LogP contribution in [0.2, 0.25) is 0 Å². The van der Waals surface area contributed by atoms with Crippen molar-refractivity contribution >= 4 is 17.5 Å². The Kier molecular flexibility index (Phi) is 6.30. The van der Waals surface area contributed by atoms with Gasteiger partial charge in [0.2, 0.25) is 0 Å². The van der Waals surface area contributed by atoms with Gasteiger partial charge in [0.15, 0.2) is 10.9 Å². The monoisotopic (exact) mass is 458 g/mol. The van der Waals surface area contributed by atoms with Crippen molar-refractivity contribution in [2.24, 2.45) is 7.05 Å². The van der Waals surface area contributed by atoms with Crippen molar-refractivity contribution in [3.05, 3.63) is 95.3 Å². The maximum absolute atomic E-state index is 12.6. The van der Waals surface area contributed by atoms with Crippen LogP contribution in [0.3, 0.4) is 0 Å². The Balaban J connectivity index is 1.51. The molecule has 0 unspecified atom stereocenters. The van der Waals surface area contributed by atoms with Crippen molar-refractivity contribution in [3.63, 3.8) is 0 Å². The molecular weight excluding hydrogens is 432 g/mol. The average molecular weight is 459 g/mol. The molecule has 5 rings (SSSR count). The smallest absolute Gasteiger partial charge is 0.167 e. The van der Waals surface area contributed by atoms with E-state index in [0.717, 1.165) is 51.8 Å². The van der Waals surface area contributed by atoms with Crippen LogP contribution in [-0.4, -0.2) is 25.3 Å². The van der Waals surface area contributed by atoms with Crippen molar-refractivity contribution in [3.8, 4) is 5.75 Å². The van der Waals surface area contributed by atoms with Crippen LogP contribution >= 0.6 is 11.8 Å². The highest BCUT2D eigenvalue weighted by molar-refractivity contribution is 7.98. The number of thioether (sulfide) groups is 1. The Hall–Kier alpha value is -3.32. The molecule has 33 heavy (non-hydrogen) atoms. The van der Waals surface area contributed by atoms with Gasteiger partial charge in [-0.2, -0.15) is 0 Å². The van der Waals surface area contributed by atoms with Crippen LogP contribution in [-0.2, 0) is 25.6 Å². The molecule has 1 aliphatic rings. The Labute approximate surface area is 197 Å². The third-order valence-corrected chi connectivity index (χ3v) is 7.10. The minimum atomic E-state index is -0.202. The molecule has 0 saturated carbocycles. The van der Waals surface area contributed by atoms with Crippen LogP contribution in [0, 0.1) is 0 Å². The van der Waals surface area contributed by atoms with E-state index in [9.17, 15) is 4.79 Å². The van der Waals surface area contributed by atoms with E-state index in [-0.39, 0.29) is 11.9 Å². The minimum Gasteiger partial charge on any atom is -0.485 e. The minimum absolute atomic E-state index is 0.202. The average Bonchev–Trinajstić information content (AvgIpc) is 3.50. The number of nitrogens with zero attached hydrogens (tertiary/aromatic N) is 3. The van der Waals surface area contributed by atoms with Crippen molar-refractivity contribution in [1.29, 1.82) is 0 Å². The molecule has 2 heterocycles. The number of ketones is 1. The summed E-state index contributed by atoms with van der Waals surface area (Å²) in [6.07, 6.45) is 10.1. The number of rotatable bonds is 8. The lowest BCUT2D eigenvalue weighted by Gasteiger charge is -2.25. The molecule has 168 valence electrons. The van der Waals surface area contributed by atoms with E-state index in [2.05, 4.69) is 27.1 Å². The summed E-state index contributed by atoms with van der Waals surface area (Å²) in [7, 11) is 1.99. The van der Waals surface area contributed by atoms with Crippen LogP contribution < -0.4 is 4.74 Å². The van der Waals surface area contributed by atoms with Crippen LogP contribution in [0.15, 0.2) is 72.4 Å². The Morgan fingerprint density at radius 2 is 2.00 bits per heavy atom. The zero-order valence-corrected chi connectivity index (χ0v) is 19.3. The fraction of sp³-hybridized carbons (Fsp3) is 0.269. The van der Waals surface area contributed by atoms with Crippen LogP contribution in [0.25, 0.3) is 0 Å². The zero-order chi connectivity index (χ0) is 22.6. The first-order valence-corrected chi connectivity index (χ1v) is 12.2. The maximum Gasteiger partial charge on any atom is 0.167 e. The lowest BCUT2D eigenvalue weighted by atomic mass is 9.87. The van der Waals surface area contributed by atoms with Crippen molar-refractivity contribution in [2.75, 3.05) is 0 Å². The summed E-state index contributed by atoms with van der Waals surface area (Å²) in [6, 6.07) is 14.1. The number of hydrogen-bond donors (Lipinski definition) is 1. The number of ether oxygens (including phenoxy) is 1. The number of hydrogen-bond acceptors (Lipinski definition) is 5. The summed E-state index contributed by atoms with van der Waals surface area (Å²) >= 11 is 1.67. The molecule has 1 aliphatic carbocycles. The predicted octanol–water partition coefficient (Wildman–Crippen LogP) is 5.32. The fourth-order valence-electron chi connectivity index (χ4n) is 4.31. The van der Waals surface area contributed by atoms with Gasteiger partial charge in [-0.15, -0.1) is 0 Å². The van der Waals surface area contributed by atoms with E-state index in [0.29, 0.717) is 18.6 Å². The number of nitrogens with one attached hydrogen (secondary N) is 1. The van der Waals surface area contributed by atoms with Gasteiger partial charge < -0.3 is 14.3 Å². The molecule has 2 aromatic carbocycles. The van der Waals surface area contributed by atoms with E-state index in [4.69, 9.17) is 4.74 Å². The van der Waals surface area contributed by atoms with Gasteiger partial charge in [0, 0.05) is 61.6 Å². The molecule has 7 heteroatoms. The second-order valence-electron chi connectivity index (χ2n) is 8.21. The third kappa shape index (κ3) is 4.73. The van der Waals surface area contributed by atoms with E-state index in [1.54, 1.807) is 24.2 Å². The highest BCUT2D eigenvalue weighted by atomic mass is 32.2. The fourth-order valence-corrected chi connectivity index (χ4v) is 5.30. The molecule has 0 saturated heterocycles. The van der Waals surface area contributed by atoms with E-state index in [1.165, 1.54) is 0 Å². The number of benzene rings is 2. The SMILES string of the molecule is Cn1ccnc1SCc1c(O[C@@H](Cc2ncc[nH]2)c2ccccc2)ccc2c1CCCC2=O. The number of carbonyl (C=O) groups is 1. The van der Waals surface area contributed by atoms with Crippen LogP contribution in [0.4, 0.5) is 0 Å². The summed E-state index contributed by atoms with van der Waals surface area (Å²) in [5.74, 6) is 2.62. The molecule has 0 fully saturated rings. The van der Waals surface area contributed by atoms with Gasteiger partial charge in [0.05, 0.1) is 0 Å². The summed E-state index contributed by atoms with van der Waals surface area (Å²) in [5, 5.41) is 0.941. The van der Waals surface area contributed by atoms with Crippen molar-refractivity contribution in [2.45, 2.75) is 42.7 Å². The molecule has 0 spiro atoms. The first kappa shape index (κ1) is 21.5. The normalized spacial score (nSPS) is 14.2. The standard InChI is InChI=1S/C26H26N4O2S/c1-30-15-14-29-26(30)33-17-21-19-8-5-9-22(31)20(19)10-11-23(21)32-24(16-25-27-12-13-28-25)18-6-3-2-4-7-18/h2-4,6-7,10-15,24H,5,8-9,16-17H2,1H3,(H,27,28)/t24-/m0/s1. The second-order valence-corrected chi connectivity index (χ2v) is 9.15. The molecule has 0 radical (unpaired) electrons. The Morgan fingerprint density at radius 1 is 1.12 bits per heavy atom. The molecular formula is C26H26N4O2S. The molecule has 4 aromatic rings. The number of aryl methyl sites for hydroxylation is 1. The summed E-state index contributed by atoms with van der Waals surface area (Å²) < 4.78 is 8.70. The van der Waals surface area contributed by atoms with Crippen LogP contribution in [0.5, 0.6) is 5.75 Å². The van der Waals surface area contributed by atoms with E-state index in [1.807, 2.05) is 54.3 Å². The lowest BCUT2D eigenvalue weighted by molar-refractivity contribution is 0.0972. The Morgan fingerprint density at radius 3 is 2.76 bits per heavy atom. The second kappa shape index (κ2) is 9.67. The molecule has 1 atom stereocenters. The molecule has 0 bridgehead atoms. The third-order valence-electron chi connectivity index (χ3n) is 6.02. The van der Waals surface area contributed by atoms with Crippen molar-refractivity contribution in [1.82, 2.24) is 19.5 Å². The number of carbonyl (C=O) groups excluding carboxylic acids is 1. The number of Topliss-reactive ketones (excluding diaryl/α,β-unsaturated/α-hetero) is 1. The number of H-pyrrole nitrogens is 1. The van der Waals surface area contributed by atoms with Gasteiger partial charge in [-0.25, -0.2) is 9.97 Å². The van der Waals surface area contributed by atoms with Gasteiger partial charge in [-0.1, -0.05) is 42.1 Å². The largest absolute Gasteiger partial charge is 0.485 e. The molecule has 2 aromatic heterocycles. The quantitative estimate of drug-likeness (QED) is 0.362. The van der Waals surface area contributed by atoms with Crippen molar-refractivity contribution < 1.29 is 9.53 Å².